The lowest BCUT2D eigenvalue weighted by atomic mass is 9.91. The molecule has 2 unspecified atom stereocenters. The van der Waals surface area contributed by atoms with Gasteiger partial charge in [0.2, 0.25) is 0 Å². The summed E-state index contributed by atoms with van der Waals surface area (Å²) >= 11 is 0. The molecule has 0 heterocycles. The summed E-state index contributed by atoms with van der Waals surface area (Å²) in [5.41, 5.74) is 0.873. The molecule has 0 amide bonds. The summed E-state index contributed by atoms with van der Waals surface area (Å²) in [5.74, 6) is -0.926. The molecule has 6 aromatic carbocycles. The van der Waals surface area contributed by atoms with E-state index < -0.39 is 50.3 Å². The molecule has 0 bridgehead atoms. The predicted molar refractivity (Wildman–Crippen MR) is 218 cm³/mol. The Bertz CT molecular complexity index is 1790. The normalized spacial score (nSPS) is 13.0. The van der Waals surface area contributed by atoms with Crippen molar-refractivity contribution >= 4 is 49.0 Å². The number of hydrogen-bond donors (Lipinski definition) is 0. The molecule has 6 aromatic rings. The first kappa shape index (κ1) is 36.9. The first-order valence-electron chi connectivity index (χ1n) is 17.5. The van der Waals surface area contributed by atoms with Crippen LogP contribution in [0.3, 0.4) is 0 Å². The second-order valence-corrected chi connectivity index (χ2v) is 19.4. The Balaban J connectivity index is 1.60. The molecule has 0 aromatic heterocycles. The molecule has 0 aliphatic rings. The maximum Gasteiger partial charge on any atom is 0.338 e. The number of benzene rings is 6. The first-order valence-corrected chi connectivity index (χ1v) is 20.2. The van der Waals surface area contributed by atoms with E-state index in [0.717, 1.165) is 21.2 Å². The molecule has 2 atom stereocenters. The van der Waals surface area contributed by atoms with Crippen LogP contribution in [-0.4, -0.2) is 34.5 Å². The molecule has 4 nitrogen and oxygen atoms in total. The van der Waals surface area contributed by atoms with E-state index in [1.165, 1.54) is 0 Å². The van der Waals surface area contributed by atoms with E-state index in [-0.39, 0.29) is 0 Å². The highest BCUT2D eigenvalue weighted by Gasteiger charge is 2.54. The van der Waals surface area contributed by atoms with Gasteiger partial charge in [-0.25, -0.2) is 9.59 Å². The van der Waals surface area contributed by atoms with E-state index in [4.69, 9.17) is 9.47 Å². The standard InChI is InChI=1S/C46H44O4P2/c1-45(2,51(37-27-15-7-16-28-37)38-29-17-8-18-30-38)41(49-43(47)35-23-11-5-12-24-35)42(50-44(48)36-25-13-6-14-26-36)46(3,4)52(39-31-19-9-20-32-39)40-33-21-10-22-34-40/h5-34,41-42H,1-4H3. The zero-order valence-electron chi connectivity index (χ0n) is 30.0. The topological polar surface area (TPSA) is 52.6 Å². The van der Waals surface area contributed by atoms with Crippen LogP contribution in [0.25, 0.3) is 0 Å². The van der Waals surface area contributed by atoms with Crippen molar-refractivity contribution in [3.63, 3.8) is 0 Å². The first-order chi connectivity index (χ1) is 25.2. The van der Waals surface area contributed by atoms with Gasteiger partial charge in [-0.1, -0.05) is 185 Å². The molecule has 6 rings (SSSR count). The van der Waals surface area contributed by atoms with Crippen LogP contribution in [0.2, 0.25) is 0 Å². The van der Waals surface area contributed by atoms with Crippen molar-refractivity contribution in [2.45, 2.75) is 50.2 Å². The smallest absolute Gasteiger partial charge is 0.338 e. The number of hydrogen-bond acceptors (Lipinski definition) is 4. The van der Waals surface area contributed by atoms with Crippen LogP contribution in [0.5, 0.6) is 0 Å². The maximum absolute atomic E-state index is 14.3. The summed E-state index contributed by atoms with van der Waals surface area (Å²) in [5, 5.41) is 3.02. The highest BCUT2D eigenvalue weighted by molar-refractivity contribution is 7.75. The molecule has 0 saturated carbocycles. The summed E-state index contributed by atoms with van der Waals surface area (Å²) in [6.45, 7) is 8.64. The summed E-state index contributed by atoms with van der Waals surface area (Å²) in [6, 6.07) is 59.8. The quantitative estimate of drug-likeness (QED) is 0.0882. The van der Waals surface area contributed by atoms with Crippen molar-refractivity contribution < 1.29 is 19.1 Å². The van der Waals surface area contributed by atoms with Crippen LogP contribution in [0.4, 0.5) is 0 Å². The summed E-state index contributed by atoms with van der Waals surface area (Å²) in [4.78, 5) is 28.7. The zero-order chi connectivity index (χ0) is 36.6. The van der Waals surface area contributed by atoms with Crippen LogP contribution in [0.1, 0.15) is 48.4 Å². The van der Waals surface area contributed by atoms with Gasteiger partial charge in [-0.2, -0.15) is 0 Å². The van der Waals surface area contributed by atoms with Crippen molar-refractivity contribution in [2.24, 2.45) is 0 Å². The molecule has 0 fully saturated rings. The Hall–Kier alpha value is -4.88. The Morgan fingerprint density at radius 3 is 0.827 bits per heavy atom. The number of esters is 2. The molecule has 0 radical (unpaired) electrons. The van der Waals surface area contributed by atoms with Crippen molar-refractivity contribution in [1.82, 2.24) is 0 Å². The van der Waals surface area contributed by atoms with Gasteiger partial charge < -0.3 is 9.47 Å². The average Bonchev–Trinajstić information content (AvgIpc) is 3.18. The minimum absolute atomic E-state index is 0.436. The zero-order valence-corrected chi connectivity index (χ0v) is 31.8. The van der Waals surface area contributed by atoms with E-state index in [0.29, 0.717) is 11.1 Å². The van der Waals surface area contributed by atoms with Gasteiger partial charge in [0.05, 0.1) is 11.1 Å². The fraction of sp³-hybridized carbons (Fsp3) is 0.174. The molecule has 0 N–H and O–H groups in total. The highest BCUT2D eigenvalue weighted by atomic mass is 31.1. The Morgan fingerprint density at radius 1 is 0.385 bits per heavy atom. The van der Waals surface area contributed by atoms with Gasteiger partial charge in [0.25, 0.3) is 0 Å². The monoisotopic (exact) mass is 722 g/mol. The second kappa shape index (κ2) is 16.6. The van der Waals surface area contributed by atoms with Crippen molar-refractivity contribution in [3.05, 3.63) is 193 Å². The van der Waals surface area contributed by atoms with Crippen LogP contribution in [-0.2, 0) is 9.47 Å². The van der Waals surface area contributed by atoms with Gasteiger partial charge in [0, 0.05) is 10.3 Å². The lowest BCUT2D eigenvalue weighted by Gasteiger charge is -2.50. The Labute approximate surface area is 310 Å². The third kappa shape index (κ3) is 8.26. The highest BCUT2D eigenvalue weighted by Crippen LogP contribution is 2.57. The van der Waals surface area contributed by atoms with Gasteiger partial charge in [-0.05, 0) is 61.3 Å². The van der Waals surface area contributed by atoms with Gasteiger partial charge in [-0.3, -0.25) is 0 Å². The van der Waals surface area contributed by atoms with Crippen molar-refractivity contribution in [1.29, 1.82) is 0 Å². The fourth-order valence-corrected chi connectivity index (χ4v) is 12.9. The third-order valence-electron chi connectivity index (χ3n) is 9.36. The molecule has 0 spiro atoms. The van der Waals surface area contributed by atoms with Crippen molar-refractivity contribution in [3.8, 4) is 0 Å². The molecular formula is C46H44O4P2. The van der Waals surface area contributed by atoms with Gasteiger partial charge in [0.1, 0.15) is 12.2 Å². The van der Waals surface area contributed by atoms with Crippen LogP contribution in [0.15, 0.2) is 182 Å². The molecule has 52 heavy (non-hydrogen) atoms. The maximum atomic E-state index is 14.3. The lowest BCUT2D eigenvalue weighted by Crippen LogP contribution is -2.58. The average molecular weight is 723 g/mol. The summed E-state index contributed by atoms with van der Waals surface area (Å²) < 4.78 is 13.7. The Kier molecular flexibility index (Phi) is 11.8. The molecule has 0 saturated heterocycles. The van der Waals surface area contributed by atoms with Gasteiger partial charge in [0.15, 0.2) is 0 Å². The van der Waals surface area contributed by atoms with Crippen molar-refractivity contribution in [2.75, 3.05) is 0 Å². The Morgan fingerprint density at radius 2 is 0.596 bits per heavy atom. The van der Waals surface area contributed by atoms with Gasteiger partial charge >= 0.3 is 11.9 Å². The number of rotatable bonds is 13. The second-order valence-electron chi connectivity index (χ2n) is 13.7. The van der Waals surface area contributed by atoms with E-state index >= 15 is 0 Å². The third-order valence-corrected chi connectivity index (χ3v) is 15.4. The molecule has 262 valence electrons. The van der Waals surface area contributed by atoms with Crippen LogP contribution < -0.4 is 21.2 Å². The minimum atomic E-state index is -1.18. The van der Waals surface area contributed by atoms with E-state index in [9.17, 15) is 9.59 Å². The molecule has 0 aliphatic heterocycles. The molecular weight excluding hydrogens is 678 g/mol. The number of carbonyl (C=O) groups is 2. The van der Waals surface area contributed by atoms with E-state index in [1.807, 2.05) is 60.7 Å². The summed E-state index contributed by atoms with van der Waals surface area (Å²) in [7, 11) is -2.36. The fourth-order valence-electron chi connectivity index (χ4n) is 6.86. The van der Waals surface area contributed by atoms with E-state index in [2.05, 4.69) is 125 Å². The lowest BCUT2D eigenvalue weighted by molar-refractivity contribution is -0.0557. The number of ether oxygens (including phenoxy) is 2. The largest absolute Gasteiger partial charge is 0.454 e. The SMILES string of the molecule is CC(C)(C(OC(=O)c1ccccc1)C(OC(=O)c1ccccc1)C(C)(C)P(c1ccccc1)c1ccccc1)P(c1ccccc1)c1ccccc1. The van der Waals surface area contributed by atoms with E-state index in [1.54, 1.807) is 24.3 Å². The van der Waals surface area contributed by atoms with Crippen LogP contribution >= 0.6 is 15.8 Å². The minimum Gasteiger partial charge on any atom is -0.454 e. The van der Waals surface area contributed by atoms with Crippen LogP contribution in [0, 0.1) is 0 Å². The molecule has 0 aliphatic carbocycles. The van der Waals surface area contributed by atoms with Gasteiger partial charge in [-0.15, -0.1) is 0 Å². The number of carbonyl (C=O) groups excluding carboxylic acids is 2. The molecule has 6 heteroatoms. The predicted octanol–water partition coefficient (Wildman–Crippen LogP) is 9.26. The summed E-state index contributed by atoms with van der Waals surface area (Å²) in [6.07, 6.45) is -1.77.